The van der Waals surface area contributed by atoms with E-state index < -0.39 is 0 Å². The third-order valence-electron chi connectivity index (χ3n) is 2.97. The summed E-state index contributed by atoms with van der Waals surface area (Å²) in [6.45, 7) is 1.67. The predicted molar refractivity (Wildman–Crippen MR) is 74.6 cm³/mol. The lowest BCUT2D eigenvalue weighted by molar-refractivity contribution is 0.0712. The van der Waals surface area contributed by atoms with Gasteiger partial charge in [-0.3, -0.25) is 4.79 Å². The van der Waals surface area contributed by atoms with Gasteiger partial charge in [0.15, 0.2) is 0 Å². The van der Waals surface area contributed by atoms with Crippen LogP contribution in [0.2, 0.25) is 4.34 Å². The van der Waals surface area contributed by atoms with Gasteiger partial charge in [0.25, 0.3) is 5.91 Å². The summed E-state index contributed by atoms with van der Waals surface area (Å²) in [5.74, 6) is 0.117. The van der Waals surface area contributed by atoms with Gasteiger partial charge in [-0.25, -0.2) is 0 Å². The van der Waals surface area contributed by atoms with Crippen molar-refractivity contribution in [2.45, 2.75) is 18.9 Å². The maximum Gasteiger partial charge on any atom is 0.263 e. The second-order valence-corrected chi connectivity index (χ2v) is 5.67. The maximum atomic E-state index is 12.1. The van der Waals surface area contributed by atoms with E-state index in [0.29, 0.717) is 10.4 Å². The fraction of sp³-hybridized carbons (Fsp3) is 0.545. The molecule has 1 N–H and O–H groups in total. The van der Waals surface area contributed by atoms with Crippen molar-refractivity contribution in [1.29, 1.82) is 0 Å². The lowest BCUT2D eigenvalue weighted by atomic mass is 10.1. The molecule has 0 radical (unpaired) electrons. The zero-order valence-corrected chi connectivity index (χ0v) is 12.0. The van der Waals surface area contributed by atoms with E-state index >= 15 is 0 Å². The first-order valence-electron chi connectivity index (χ1n) is 5.42. The Labute approximate surface area is 117 Å². The van der Waals surface area contributed by atoms with Gasteiger partial charge < -0.3 is 10.2 Å². The first-order valence-corrected chi connectivity index (χ1v) is 6.62. The summed E-state index contributed by atoms with van der Waals surface area (Å²) in [6.07, 6.45) is 2.06. The number of rotatable bonds is 2. The van der Waals surface area contributed by atoms with Gasteiger partial charge in [0, 0.05) is 19.1 Å². The number of carbonyl (C=O) groups is 1. The second kappa shape index (κ2) is 6.59. The Morgan fingerprint density at radius 1 is 1.47 bits per heavy atom. The quantitative estimate of drug-likeness (QED) is 0.909. The number of hydrogen-bond acceptors (Lipinski definition) is 3. The Kier molecular flexibility index (Phi) is 5.73. The molecule has 0 unspecified atom stereocenters. The van der Waals surface area contributed by atoms with Crippen molar-refractivity contribution >= 4 is 41.3 Å². The van der Waals surface area contributed by atoms with Crippen molar-refractivity contribution in [3.63, 3.8) is 0 Å². The number of carbonyl (C=O) groups excluding carboxylic acids is 1. The monoisotopic (exact) mass is 294 g/mol. The molecule has 6 heteroatoms. The van der Waals surface area contributed by atoms with Crippen molar-refractivity contribution in [2.24, 2.45) is 0 Å². The van der Waals surface area contributed by atoms with Gasteiger partial charge in [-0.1, -0.05) is 11.6 Å². The highest BCUT2D eigenvalue weighted by molar-refractivity contribution is 7.17. The predicted octanol–water partition coefficient (Wildman–Crippen LogP) is 2.65. The van der Waals surface area contributed by atoms with Crippen LogP contribution in [-0.2, 0) is 0 Å². The van der Waals surface area contributed by atoms with Crippen molar-refractivity contribution in [1.82, 2.24) is 10.2 Å². The number of hydrogen-bond donors (Lipinski definition) is 1. The minimum absolute atomic E-state index is 0. The maximum absolute atomic E-state index is 12.1. The summed E-state index contributed by atoms with van der Waals surface area (Å²) in [7, 11) is 1.97. The Hall–Kier alpha value is -0.290. The number of halogens is 2. The number of thiophene rings is 1. The van der Waals surface area contributed by atoms with Crippen LogP contribution in [0.15, 0.2) is 12.1 Å². The van der Waals surface area contributed by atoms with Crippen molar-refractivity contribution in [2.75, 3.05) is 20.1 Å². The molecule has 17 heavy (non-hydrogen) atoms. The SMILES string of the molecule is CNC1CCN(C(=O)c2ccc(Cl)s2)CC1.Cl. The number of likely N-dealkylation sites (tertiary alicyclic amines) is 1. The fourth-order valence-electron chi connectivity index (χ4n) is 1.96. The highest BCUT2D eigenvalue weighted by atomic mass is 35.5. The van der Waals surface area contributed by atoms with Crippen LogP contribution in [0.5, 0.6) is 0 Å². The number of piperidine rings is 1. The van der Waals surface area contributed by atoms with E-state index in [0.717, 1.165) is 30.8 Å². The summed E-state index contributed by atoms with van der Waals surface area (Å²) in [5, 5.41) is 3.25. The first kappa shape index (κ1) is 14.8. The highest BCUT2D eigenvalue weighted by Crippen LogP contribution is 2.23. The number of nitrogens with zero attached hydrogens (tertiary/aromatic N) is 1. The minimum atomic E-state index is 0. The summed E-state index contributed by atoms with van der Waals surface area (Å²) in [4.78, 5) is 14.7. The Bertz CT molecular complexity index is 375. The Morgan fingerprint density at radius 2 is 2.12 bits per heavy atom. The Balaban J connectivity index is 0.00000144. The molecule has 1 aliphatic heterocycles. The van der Waals surface area contributed by atoms with E-state index in [9.17, 15) is 4.79 Å². The molecule has 2 heterocycles. The van der Waals surface area contributed by atoms with Gasteiger partial charge in [-0.15, -0.1) is 23.7 Å². The largest absolute Gasteiger partial charge is 0.338 e. The van der Waals surface area contributed by atoms with Crippen LogP contribution in [0.25, 0.3) is 0 Å². The van der Waals surface area contributed by atoms with E-state index in [4.69, 9.17) is 11.6 Å². The molecule has 1 amide bonds. The Morgan fingerprint density at radius 3 is 2.59 bits per heavy atom. The number of nitrogens with one attached hydrogen (secondary N) is 1. The van der Waals surface area contributed by atoms with E-state index in [2.05, 4.69) is 5.32 Å². The average Bonchev–Trinajstić information content (AvgIpc) is 2.75. The van der Waals surface area contributed by atoms with Crippen LogP contribution >= 0.6 is 35.3 Å². The van der Waals surface area contributed by atoms with Crippen LogP contribution < -0.4 is 5.32 Å². The van der Waals surface area contributed by atoms with E-state index in [1.807, 2.05) is 11.9 Å². The smallest absolute Gasteiger partial charge is 0.263 e. The molecule has 96 valence electrons. The normalized spacial score (nSPS) is 16.7. The van der Waals surface area contributed by atoms with Crippen molar-refractivity contribution in [3.8, 4) is 0 Å². The zero-order valence-electron chi connectivity index (χ0n) is 9.61. The molecule has 1 saturated heterocycles. The average molecular weight is 295 g/mol. The van der Waals surface area contributed by atoms with Crippen molar-refractivity contribution < 1.29 is 4.79 Å². The van der Waals surface area contributed by atoms with Gasteiger partial charge in [-0.05, 0) is 32.0 Å². The molecule has 0 spiro atoms. The molecular formula is C11H16Cl2N2OS. The first-order chi connectivity index (χ1) is 7.70. The van der Waals surface area contributed by atoms with E-state index in [1.165, 1.54) is 11.3 Å². The van der Waals surface area contributed by atoms with Crippen LogP contribution in [-0.4, -0.2) is 37.0 Å². The molecule has 2 rings (SSSR count). The van der Waals surface area contributed by atoms with Gasteiger partial charge in [0.1, 0.15) is 0 Å². The summed E-state index contributed by atoms with van der Waals surface area (Å²) in [6, 6.07) is 4.13. The lowest BCUT2D eigenvalue weighted by Gasteiger charge is -2.31. The molecule has 0 aliphatic carbocycles. The van der Waals surface area contributed by atoms with E-state index in [1.54, 1.807) is 12.1 Å². The second-order valence-electron chi connectivity index (χ2n) is 3.96. The fourth-order valence-corrected chi connectivity index (χ4v) is 2.97. The van der Waals surface area contributed by atoms with Gasteiger partial charge in [0.2, 0.25) is 0 Å². The topological polar surface area (TPSA) is 32.3 Å². The summed E-state index contributed by atoms with van der Waals surface area (Å²) >= 11 is 7.18. The molecule has 0 saturated carbocycles. The van der Waals surface area contributed by atoms with E-state index in [-0.39, 0.29) is 18.3 Å². The summed E-state index contributed by atoms with van der Waals surface area (Å²) < 4.78 is 0.675. The van der Waals surface area contributed by atoms with Gasteiger partial charge >= 0.3 is 0 Å². The van der Waals surface area contributed by atoms with Crippen LogP contribution in [0.3, 0.4) is 0 Å². The molecule has 0 bridgehead atoms. The van der Waals surface area contributed by atoms with Gasteiger partial charge in [0.05, 0.1) is 9.21 Å². The van der Waals surface area contributed by atoms with Crippen LogP contribution in [0.1, 0.15) is 22.5 Å². The lowest BCUT2D eigenvalue weighted by Crippen LogP contribution is -2.43. The molecular weight excluding hydrogens is 279 g/mol. The molecule has 1 aromatic heterocycles. The third kappa shape index (κ3) is 3.58. The molecule has 1 fully saturated rings. The van der Waals surface area contributed by atoms with Crippen LogP contribution in [0.4, 0.5) is 0 Å². The van der Waals surface area contributed by atoms with Crippen LogP contribution in [0, 0.1) is 0 Å². The molecule has 0 atom stereocenters. The van der Waals surface area contributed by atoms with Crippen molar-refractivity contribution in [3.05, 3.63) is 21.3 Å². The molecule has 1 aromatic rings. The molecule has 0 aromatic carbocycles. The minimum Gasteiger partial charge on any atom is -0.338 e. The summed E-state index contributed by atoms with van der Waals surface area (Å²) in [5.41, 5.74) is 0. The molecule has 1 aliphatic rings. The zero-order chi connectivity index (χ0) is 11.5. The molecule has 3 nitrogen and oxygen atoms in total. The number of amides is 1. The third-order valence-corrected chi connectivity index (χ3v) is 4.19. The standard InChI is InChI=1S/C11H15ClN2OS.ClH/c1-13-8-4-6-14(7-5-8)11(15)9-2-3-10(12)16-9;/h2-3,8,13H,4-7H2,1H3;1H. The van der Waals surface area contributed by atoms with Gasteiger partial charge in [-0.2, -0.15) is 0 Å². The highest BCUT2D eigenvalue weighted by Gasteiger charge is 2.23.